The van der Waals surface area contributed by atoms with Crippen molar-refractivity contribution in [3.05, 3.63) is 24.5 Å². The Bertz CT molecular complexity index is 204. The molecular weight excluding hydrogens is 150 g/mol. The molecule has 1 rings (SSSR count). The maximum atomic E-state index is 8.87. The van der Waals surface area contributed by atoms with Gasteiger partial charge in [-0.3, -0.25) is 0 Å². The van der Waals surface area contributed by atoms with E-state index >= 15 is 0 Å². The number of aromatic nitrogens is 1. The number of aliphatic hydroxyl groups excluding tert-OH is 1. The van der Waals surface area contributed by atoms with Crippen molar-refractivity contribution in [2.45, 2.75) is 26.3 Å². The van der Waals surface area contributed by atoms with Crippen molar-refractivity contribution >= 4 is 0 Å². The molecule has 0 bridgehead atoms. The quantitative estimate of drug-likeness (QED) is 0.729. The Morgan fingerprint density at radius 2 is 1.83 bits per heavy atom. The minimum Gasteiger partial charge on any atom is -0.396 e. The van der Waals surface area contributed by atoms with Crippen LogP contribution in [-0.2, 0) is 0 Å². The van der Waals surface area contributed by atoms with Crippen molar-refractivity contribution in [3.8, 4) is 0 Å². The summed E-state index contributed by atoms with van der Waals surface area (Å²) in [6.07, 6.45) is 4.95. The van der Waals surface area contributed by atoms with Crippen LogP contribution >= 0.6 is 0 Å². The van der Waals surface area contributed by atoms with Gasteiger partial charge in [0.15, 0.2) is 0 Å². The third-order valence-corrected chi connectivity index (χ3v) is 2.20. The summed E-state index contributed by atoms with van der Waals surface area (Å²) in [6.45, 7) is 4.63. The van der Waals surface area contributed by atoms with E-state index < -0.39 is 0 Å². The molecule has 1 N–H and O–H groups in total. The van der Waals surface area contributed by atoms with Crippen molar-refractivity contribution in [2.24, 2.45) is 5.92 Å². The zero-order valence-electron chi connectivity index (χ0n) is 7.77. The highest BCUT2D eigenvalue weighted by Gasteiger charge is 2.12. The molecule has 1 aromatic heterocycles. The lowest BCUT2D eigenvalue weighted by atomic mass is 10.0. The Labute approximate surface area is 73.8 Å². The molecule has 2 heteroatoms. The van der Waals surface area contributed by atoms with Crippen molar-refractivity contribution in [1.29, 1.82) is 0 Å². The maximum absolute atomic E-state index is 8.87. The lowest BCUT2D eigenvalue weighted by molar-refractivity contribution is 0.232. The lowest BCUT2D eigenvalue weighted by Crippen LogP contribution is -2.14. The second kappa shape index (κ2) is 4.31. The monoisotopic (exact) mass is 167 g/mol. The van der Waals surface area contributed by atoms with E-state index in [4.69, 9.17) is 5.11 Å². The average Bonchev–Trinajstić information content (AvgIpc) is 2.51. The summed E-state index contributed by atoms with van der Waals surface area (Å²) in [7, 11) is 0. The maximum Gasteiger partial charge on any atom is 0.0450 e. The SMILES string of the molecule is CC(C)C(CCO)n1cccc1. The van der Waals surface area contributed by atoms with Gasteiger partial charge in [0.25, 0.3) is 0 Å². The van der Waals surface area contributed by atoms with E-state index in [0.717, 1.165) is 6.42 Å². The minimum absolute atomic E-state index is 0.265. The predicted octanol–water partition coefficient (Wildman–Crippen LogP) is 2.07. The molecule has 1 aromatic rings. The van der Waals surface area contributed by atoms with Crippen LogP contribution in [0.25, 0.3) is 0 Å². The van der Waals surface area contributed by atoms with Gasteiger partial charge in [0.05, 0.1) is 0 Å². The van der Waals surface area contributed by atoms with Gasteiger partial charge in [-0.25, -0.2) is 0 Å². The fourth-order valence-electron chi connectivity index (χ4n) is 1.53. The standard InChI is InChI=1S/C10H17NO/c1-9(2)10(5-8-12)11-6-3-4-7-11/h3-4,6-7,9-10,12H,5,8H2,1-2H3. The van der Waals surface area contributed by atoms with E-state index in [1.54, 1.807) is 0 Å². The second-order valence-corrected chi connectivity index (χ2v) is 3.45. The molecule has 68 valence electrons. The Hall–Kier alpha value is -0.760. The van der Waals surface area contributed by atoms with Crippen LogP contribution in [0.5, 0.6) is 0 Å². The summed E-state index contributed by atoms with van der Waals surface area (Å²) >= 11 is 0. The first-order valence-electron chi connectivity index (χ1n) is 4.49. The van der Waals surface area contributed by atoms with Crippen LogP contribution in [0.1, 0.15) is 26.3 Å². The average molecular weight is 167 g/mol. The highest BCUT2D eigenvalue weighted by Crippen LogP contribution is 2.20. The third kappa shape index (κ3) is 2.11. The first-order chi connectivity index (χ1) is 5.75. The number of nitrogens with zero attached hydrogens (tertiary/aromatic N) is 1. The zero-order chi connectivity index (χ0) is 8.97. The molecule has 12 heavy (non-hydrogen) atoms. The van der Waals surface area contributed by atoms with E-state index in [1.165, 1.54) is 0 Å². The first-order valence-corrected chi connectivity index (χ1v) is 4.49. The van der Waals surface area contributed by atoms with Crippen LogP contribution in [0.15, 0.2) is 24.5 Å². The second-order valence-electron chi connectivity index (χ2n) is 3.45. The summed E-state index contributed by atoms with van der Waals surface area (Å²) in [4.78, 5) is 0. The van der Waals surface area contributed by atoms with Gasteiger partial charge in [0.1, 0.15) is 0 Å². The van der Waals surface area contributed by atoms with Crippen LogP contribution in [0, 0.1) is 5.92 Å². The van der Waals surface area contributed by atoms with Crippen molar-refractivity contribution in [2.75, 3.05) is 6.61 Å². The Kier molecular flexibility index (Phi) is 3.35. The van der Waals surface area contributed by atoms with Crippen LogP contribution in [0.3, 0.4) is 0 Å². The van der Waals surface area contributed by atoms with Crippen LogP contribution in [0.4, 0.5) is 0 Å². The molecule has 0 radical (unpaired) electrons. The van der Waals surface area contributed by atoms with Crippen molar-refractivity contribution in [1.82, 2.24) is 4.57 Å². The largest absolute Gasteiger partial charge is 0.396 e. The van der Waals surface area contributed by atoms with Gasteiger partial charge in [-0.15, -0.1) is 0 Å². The molecule has 0 aliphatic carbocycles. The van der Waals surface area contributed by atoms with Gasteiger partial charge in [-0.2, -0.15) is 0 Å². The molecule has 1 atom stereocenters. The van der Waals surface area contributed by atoms with Crippen LogP contribution in [0.2, 0.25) is 0 Å². The van der Waals surface area contributed by atoms with E-state index in [2.05, 4.69) is 30.8 Å². The highest BCUT2D eigenvalue weighted by atomic mass is 16.3. The van der Waals surface area contributed by atoms with Crippen molar-refractivity contribution in [3.63, 3.8) is 0 Å². The first kappa shape index (κ1) is 9.33. The van der Waals surface area contributed by atoms with E-state index in [1.807, 2.05) is 12.1 Å². The van der Waals surface area contributed by atoms with E-state index in [-0.39, 0.29) is 6.61 Å². The van der Waals surface area contributed by atoms with Gasteiger partial charge in [0.2, 0.25) is 0 Å². The number of aliphatic hydroxyl groups is 1. The summed E-state index contributed by atoms with van der Waals surface area (Å²) in [5.41, 5.74) is 0. The fraction of sp³-hybridized carbons (Fsp3) is 0.600. The molecular formula is C10H17NO. The molecule has 0 spiro atoms. The van der Waals surface area contributed by atoms with Gasteiger partial charge in [-0.05, 0) is 24.5 Å². The van der Waals surface area contributed by atoms with Gasteiger partial charge < -0.3 is 9.67 Å². The Morgan fingerprint density at radius 1 is 1.25 bits per heavy atom. The topological polar surface area (TPSA) is 25.2 Å². The summed E-state index contributed by atoms with van der Waals surface area (Å²) in [6, 6.07) is 4.48. The summed E-state index contributed by atoms with van der Waals surface area (Å²) in [5.74, 6) is 0.574. The van der Waals surface area contributed by atoms with Gasteiger partial charge in [0, 0.05) is 25.0 Å². The van der Waals surface area contributed by atoms with Crippen LogP contribution < -0.4 is 0 Å². The fourth-order valence-corrected chi connectivity index (χ4v) is 1.53. The van der Waals surface area contributed by atoms with Crippen molar-refractivity contribution < 1.29 is 5.11 Å². The minimum atomic E-state index is 0.265. The third-order valence-electron chi connectivity index (χ3n) is 2.20. The molecule has 0 saturated heterocycles. The summed E-state index contributed by atoms with van der Waals surface area (Å²) < 4.78 is 2.17. The van der Waals surface area contributed by atoms with E-state index in [9.17, 15) is 0 Å². The molecule has 2 nitrogen and oxygen atoms in total. The molecule has 1 unspecified atom stereocenters. The number of hydrogen-bond donors (Lipinski definition) is 1. The number of hydrogen-bond acceptors (Lipinski definition) is 1. The van der Waals surface area contributed by atoms with Gasteiger partial charge in [-0.1, -0.05) is 13.8 Å². The molecule has 0 aliphatic rings. The molecule has 0 saturated carbocycles. The predicted molar refractivity (Wildman–Crippen MR) is 50.0 cm³/mol. The smallest absolute Gasteiger partial charge is 0.0450 e. The molecule has 1 heterocycles. The molecule has 0 fully saturated rings. The van der Waals surface area contributed by atoms with Gasteiger partial charge >= 0.3 is 0 Å². The van der Waals surface area contributed by atoms with Crippen LogP contribution in [-0.4, -0.2) is 16.3 Å². The zero-order valence-corrected chi connectivity index (χ0v) is 7.77. The highest BCUT2D eigenvalue weighted by molar-refractivity contribution is 4.93. The Balaban J connectivity index is 2.66. The van der Waals surface area contributed by atoms with E-state index in [0.29, 0.717) is 12.0 Å². The Morgan fingerprint density at radius 3 is 2.25 bits per heavy atom. The normalized spacial score (nSPS) is 13.7. The molecule has 0 aliphatic heterocycles. The molecule has 0 amide bonds. The lowest BCUT2D eigenvalue weighted by Gasteiger charge is -2.21. The molecule has 0 aromatic carbocycles. The number of rotatable bonds is 4. The summed E-state index contributed by atoms with van der Waals surface area (Å²) in [5, 5.41) is 8.87.